The maximum atomic E-state index is 12.4. The lowest BCUT2D eigenvalue weighted by Crippen LogP contribution is -2.45. The van der Waals surface area contributed by atoms with E-state index in [1.807, 2.05) is 37.7 Å². The Morgan fingerprint density at radius 3 is 2.35 bits per heavy atom. The van der Waals surface area contributed by atoms with Gasteiger partial charge in [-0.3, -0.25) is 4.98 Å². The number of piperidine rings is 2. The molecule has 2 saturated heterocycles. The smallest absolute Gasteiger partial charge is 0.410 e. The monoisotopic (exact) mass is 663 g/mol. The molecule has 5 heterocycles. The van der Waals surface area contributed by atoms with E-state index < -0.39 is 11.2 Å². The van der Waals surface area contributed by atoms with E-state index in [-0.39, 0.29) is 17.8 Å². The molecule has 0 spiro atoms. The predicted molar refractivity (Wildman–Crippen MR) is 190 cm³/mol. The molecular weight excluding hydrogens is 606 g/mol. The van der Waals surface area contributed by atoms with Crippen molar-refractivity contribution in [1.29, 1.82) is 0 Å². The molecule has 2 aliphatic heterocycles. The lowest BCUT2D eigenvalue weighted by Gasteiger charge is -2.37. The van der Waals surface area contributed by atoms with Crippen LogP contribution in [0.25, 0.3) is 5.65 Å². The largest absolute Gasteiger partial charge is 0.444 e. The number of hydrogen-bond donors (Lipinski definition) is 1. The minimum absolute atomic E-state index is 0.108. The van der Waals surface area contributed by atoms with Crippen LogP contribution >= 0.6 is 0 Å². The molecule has 48 heavy (non-hydrogen) atoms. The van der Waals surface area contributed by atoms with Gasteiger partial charge in [-0.1, -0.05) is 13.0 Å². The Morgan fingerprint density at radius 2 is 1.71 bits per heavy atom. The van der Waals surface area contributed by atoms with Gasteiger partial charge in [-0.25, -0.2) is 9.78 Å². The van der Waals surface area contributed by atoms with E-state index in [1.165, 1.54) is 19.3 Å². The molecule has 0 radical (unpaired) electrons. The Balaban J connectivity index is 1.11. The molecule has 3 aromatic heterocycles. The Labute approximate surface area is 286 Å². The molecular formula is C37H57N7O4. The summed E-state index contributed by atoms with van der Waals surface area (Å²) < 4.78 is 20.3. The maximum absolute atomic E-state index is 12.4. The van der Waals surface area contributed by atoms with Crippen LogP contribution < -0.4 is 10.2 Å². The molecule has 11 heteroatoms. The second-order valence-electron chi connectivity index (χ2n) is 15.4. The van der Waals surface area contributed by atoms with Gasteiger partial charge in [0.25, 0.3) is 0 Å². The number of carbonyl (C=O) groups is 1. The summed E-state index contributed by atoms with van der Waals surface area (Å²) >= 11 is 0. The van der Waals surface area contributed by atoms with Crippen LogP contribution in [0.3, 0.4) is 0 Å². The van der Waals surface area contributed by atoms with Crippen LogP contribution in [0, 0.1) is 0 Å². The van der Waals surface area contributed by atoms with Crippen LogP contribution in [-0.2, 0) is 32.8 Å². The average Bonchev–Trinajstić information content (AvgIpc) is 3.47. The number of rotatable bonds is 12. The average molecular weight is 664 g/mol. The van der Waals surface area contributed by atoms with Crippen molar-refractivity contribution in [1.82, 2.24) is 24.5 Å². The number of hydrogen-bond acceptors (Lipinski definition) is 9. The number of nitrogens with one attached hydrogen (secondary N) is 1. The molecule has 3 aromatic rings. The Bertz CT molecular complexity index is 1500. The number of ether oxygens (including phenoxy) is 3. The summed E-state index contributed by atoms with van der Waals surface area (Å²) in [6.45, 7) is 20.7. The highest BCUT2D eigenvalue weighted by Crippen LogP contribution is 2.29. The zero-order valence-electron chi connectivity index (χ0n) is 30.5. The fourth-order valence-corrected chi connectivity index (χ4v) is 6.35. The first-order valence-electron chi connectivity index (χ1n) is 17.8. The van der Waals surface area contributed by atoms with Gasteiger partial charge in [0.2, 0.25) is 0 Å². The van der Waals surface area contributed by atoms with E-state index in [0.29, 0.717) is 26.2 Å². The molecule has 0 aliphatic carbocycles. The van der Waals surface area contributed by atoms with Crippen molar-refractivity contribution < 1.29 is 19.0 Å². The lowest BCUT2D eigenvalue weighted by atomic mass is 10.0. The van der Waals surface area contributed by atoms with Gasteiger partial charge in [0.15, 0.2) is 5.65 Å². The SMILES string of the molecule is CCc1cnn2c(NCc3ccc(C(C)(C)OCCC(C)(C)OC4CCN(C(=O)OC(C)(C)C)CC4)nc3)cc(N3CCCCC3)nc12. The predicted octanol–water partition coefficient (Wildman–Crippen LogP) is 7.13. The maximum Gasteiger partial charge on any atom is 0.410 e. The topological polar surface area (TPSA) is 106 Å². The number of nitrogens with zero attached hydrogens (tertiary/aromatic N) is 6. The first kappa shape index (κ1) is 35.9. The van der Waals surface area contributed by atoms with Gasteiger partial charge < -0.3 is 29.3 Å². The summed E-state index contributed by atoms with van der Waals surface area (Å²) in [5.74, 6) is 1.95. The molecule has 0 atom stereocenters. The van der Waals surface area contributed by atoms with Crippen LogP contribution in [0.5, 0.6) is 0 Å². The molecule has 2 aliphatic rings. The van der Waals surface area contributed by atoms with Crippen molar-refractivity contribution in [3.63, 3.8) is 0 Å². The molecule has 11 nitrogen and oxygen atoms in total. The molecule has 0 saturated carbocycles. The molecule has 2 fully saturated rings. The van der Waals surface area contributed by atoms with Crippen LogP contribution in [0.15, 0.2) is 30.6 Å². The van der Waals surface area contributed by atoms with Crippen molar-refractivity contribution in [3.05, 3.63) is 47.4 Å². The standard InChI is InChI=1S/C37H57N7O4/c1-9-28-26-40-44-31(23-32(41-33(28)44)42-18-11-10-12-19-42)39-25-27-13-14-30(38-24-27)37(7,8)46-22-17-36(5,6)47-29-15-20-43(21-16-29)34(45)48-35(2,3)4/h13-14,23-24,26,29,39H,9-12,15-22,25H2,1-8H3. The van der Waals surface area contributed by atoms with Gasteiger partial charge in [-0.2, -0.15) is 9.61 Å². The lowest BCUT2D eigenvalue weighted by molar-refractivity contribution is -0.116. The van der Waals surface area contributed by atoms with E-state index in [9.17, 15) is 4.79 Å². The molecule has 0 unspecified atom stereocenters. The molecule has 5 rings (SSSR count). The Morgan fingerprint density at radius 1 is 0.979 bits per heavy atom. The summed E-state index contributed by atoms with van der Waals surface area (Å²) in [6.07, 6.45) is 10.7. The summed E-state index contributed by atoms with van der Waals surface area (Å²) in [7, 11) is 0. The summed E-state index contributed by atoms with van der Waals surface area (Å²) in [6, 6.07) is 6.30. The first-order chi connectivity index (χ1) is 22.7. The van der Waals surface area contributed by atoms with Gasteiger partial charge in [0, 0.05) is 50.6 Å². The van der Waals surface area contributed by atoms with E-state index in [0.717, 1.165) is 72.9 Å². The van der Waals surface area contributed by atoms with Crippen molar-refractivity contribution in [2.75, 3.05) is 43.0 Å². The Hall–Kier alpha value is -3.44. The fourth-order valence-electron chi connectivity index (χ4n) is 6.35. The van der Waals surface area contributed by atoms with Crippen LogP contribution in [-0.4, -0.2) is 80.7 Å². The number of carbonyl (C=O) groups excluding carboxylic acids is 1. The van der Waals surface area contributed by atoms with Gasteiger partial charge >= 0.3 is 6.09 Å². The van der Waals surface area contributed by atoms with E-state index >= 15 is 0 Å². The number of anilines is 2. The van der Waals surface area contributed by atoms with Gasteiger partial charge in [0.05, 0.1) is 30.2 Å². The molecule has 0 bridgehead atoms. The second-order valence-corrected chi connectivity index (χ2v) is 15.4. The normalized spacial score (nSPS) is 16.8. The highest BCUT2D eigenvalue weighted by atomic mass is 16.6. The number of likely N-dealkylation sites (tertiary alicyclic amines) is 1. The summed E-state index contributed by atoms with van der Waals surface area (Å²) in [4.78, 5) is 26.4. The third-order valence-corrected chi connectivity index (χ3v) is 9.25. The zero-order valence-corrected chi connectivity index (χ0v) is 30.5. The van der Waals surface area contributed by atoms with Crippen LogP contribution in [0.2, 0.25) is 0 Å². The van der Waals surface area contributed by atoms with E-state index in [4.69, 9.17) is 24.2 Å². The van der Waals surface area contributed by atoms with Crippen molar-refractivity contribution in [2.45, 2.75) is 130 Å². The highest BCUT2D eigenvalue weighted by Gasteiger charge is 2.32. The molecule has 264 valence electrons. The van der Waals surface area contributed by atoms with Gasteiger partial charge in [-0.05, 0) is 105 Å². The summed E-state index contributed by atoms with van der Waals surface area (Å²) in [5.41, 5.74) is 2.66. The quantitative estimate of drug-likeness (QED) is 0.217. The van der Waals surface area contributed by atoms with Gasteiger partial charge in [-0.15, -0.1) is 0 Å². The number of amides is 1. The molecule has 0 aromatic carbocycles. The van der Waals surface area contributed by atoms with Crippen LogP contribution in [0.4, 0.5) is 16.4 Å². The number of aromatic nitrogens is 4. The summed E-state index contributed by atoms with van der Waals surface area (Å²) in [5, 5.41) is 8.25. The van der Waals surface area contributed by atoms with Crippen molar-refractivity contribution >= 4 is 23.4 Å². The minimum Gasteiger partial charge on any atom is -0.444 e. The Kier molecular flexibility index (Phi) is 11.2. The highest BCUT2D eigenvalue weighted by molar-refractivity contribution is 5.68. The van der Waals surface area contributed by atoms with Crippen LogP contribution in [0.1, 0.15) is 111 Å². The number of aryl methyl sites for hydroxylation is 1. The fraction of sp³-hybridized carbons (Fsp3) is 0.676. The second kappa shape index (κ2) is 15.0. The third kappa shape index (κ3) is 9.37. The number of fused-ring (bicyclic) bond motifs is 1. The van der Waals surface area contributed by atoms with Crippen molar-refractivity contribution in [2.24, 2.45) is 0 Å². The minimum atomic E-state index is -0.549. The number of pyridine rings is 1. The zero-order chi connectivity index (χ0) is 34.5. The third-order valence-electron chi connectivity index (χ3n) is 9.25. The van der Waals surface area contributed by atoms with E-state index in [1.54, 1.807) is 4.90 Å². The molecule has 1 amide bonds. The van der Waals surface area contributed by atoms with Crippen molar-refractivity contribution in [3.8, 4) is 0 Å². The van der Waals surface area contributed by atoms with E-state index in [2.05, 4.69) is 68.1 Å². The first-order valence-corrected chi connectivity index (χ1v) is 17.8. The molecule has 1 N–H and O–H groups in total. The van der Waals surface area contributed by atoms with Gasteiger partial charge in [0.1, 0.15) is 22.8 Å².